The number of hydrogen-bond donors (Lipinski definition) is 1. The van der Waals surface area contributed by atoms with Crippen molar-refractivity contribution in [3.8, 4) is 5.75 Å². The zero-order valence-corrected chi connectivity index (χ0v) is 23.2. The number of nitrogens with zero attached hydrogens (tertiary/aromatic N) is 2. The third-order valence-electron chi connectivity index (χ3n) is 6.69. The molecule has 0 spiro atoms. The van der Waals surface area contributed by atoms with Crippen molar-refractivity contribution < 1.29 is 44.6 Å². The summed E-state index contributed by atoms with van der Waals surface area (Å²) in [5.74, 6) is 0.128. The van der Waals surface area contributed by atoms with Crippen LogP contribution in [0.2, 0.25) is 0 Å². The molecule has 1 fully saturated rings. The van der Waals surface area contributed by atoms with Crippen LogP contribution in [-0.2, 0) is 27.3 Å². The highest BCUT2D eigenvalue weighted by Gasteiger charge is 2.36. The number of rotatable bonds is 11. The minimum absolute atomic E-state index is 0.0175. The fourth-order valence-electron chi connectivity index (χ4n) is 4.45. The first-order chi connectivity index (χ1) is 19.9. The number of halogens is 5. The molecule has 0 aliphatic carbocycles. The third kappa shape index (κ3) is 7.94. The quantitative estimate of drug-likeness (QED) is 0.301. The van der Waals surface area contributed by atoms with Crippen LogP contribution in [-0.4, -0.2) is 57.0 Å². The first-order valence-electron chi connectivity index (χ1n) is 12.9. The summed E-state index contributed by atoms with van der Waals surface area (Å²) in [5.41, 5.74) is 0.113. The van der Waals surface area contributed by atoms with Gasteiger partial charge in [0.15, 0.2) is 9.84 Å². The predicted octanol–water partition coefficient (Wildman–Crippen LogP) is 5.09. The van der Waals surface area contributed by atoms with Crippen LogP contribution in [0.5, 0.6) is 5.75 Å². The second-order valence-corrected chi connectivity index (χ2v) is 11.8. The van der Waals surface area contributed by atoms with Crippen molar-refractivity contribution in [2.75, 3.05) is 23.8 Å². The minimum atomic E-state index is -4.49. The highest BCUT2D eigenvalue weighted by molar-refractivity contribution is 7.91. The number of ether oxygens (including phenoxy) is 2. The molecule has 14 heteroatoms. The van der Waals surface area contributed by atoms with Gasteiger partial charge in [-0.05, 0) is 54.1 Å². The lowest BCUT2D eigenvalue weighted by atomic mass is 10.2. The summed E-state index contributed by atoms with van der Waals surface area (Å²) in [7, 11) is -3.33. The van der Waals surface area contributed by atoms with Crippen LogP contribution in [0.3, 0.4) is 0 Å². The van der Waals surface area contributed by atoms with Crippen LogP contribution < -0.4 is 15.0 Å². The maximum absolute atomic E-state index is 12.9. The number of carbonyl (C=O) groups is 1. The average molecular weight is 614 g/mol. The van der Waals surface area contributed by atoms with Gasteiger partial charge < -0.3 is 19.7 Å². The average Bonchev–Trinajstić information content (AvgIpc) is 3.37. The van der Waals surface area contributed by atoms with Gasteiger partial charge in [0.25, 0.3) is 5.91 Å². The second-order valence-electron chi connectivity index (χ2n) is 9.53. The molecule has 0 saturated carbocycles. The van der Waals surface area contributed by atoms with E-state index < -0.39 is 46.2 Å². The molecule has 226 valence electrons. The van der Waals surface area contributed by atoms with E-state index in [0.717, 1.165) is 12.1 Å². The van der Waals surface area contributed by atoms with Crippen molar-refractivity contribution in [2.45, 2.75) is 49.7 Å². The fourth-order valence-corrected chi connectivity index (χ4v) is 5.34. The molecule has 2 atom stereocenters. The van der Waals surface area contributed by atoms with E-state index >= 15 is 0 Å². The Morgan fingerprint density at radius 3 is 2.33 bits per heavy atom. The van der Waals surface area contributed by atoms with E-state index in [1.54, 1.807) is 30.0 Å². The minimum Gasteiger partial charge on any atom is -0.489 e. The van der Waals surface area contributed by atoms with Gasteiger partial charge in [0, 0.05) is 19.2 Å². The van der Waals surface area contributed by atoms with Crippen molar-refractivity contribution >= 4 is 21.6 Å². The van der Waals surface area contributed by atoms with E-state index in [2.05, 4.69) is 15.0 Å². The summed E-state index contributed by atoms with van der Waals surface area (Å²) >= 11 is 0. The van der Waals surface area contributed by atoms with Crippen LogP contribution in [0.15, 0.2) is 71.8 Å². The Hall–Kier alpha value is -3.78. The summed E-state index contributed by atoms with van der Waals surface area (Å²) in [6, 6.07) is 12.9. The Balaban J connectivity index is 1.39. The van der Waals surface area contributed by atoms with Crippen LogP contribution >= 0.6 is 0 Å². The number of benzene rings is 2. The lowest BCUT2D eigenvalue weighted by molar-refractivity contribution is -0.137. The summed E-state index contributed by atoms with van der Waals surface area (Å²) in [5, 5.41) is 2.73. The number of nitrogens with one attached hydrogen (secondary N) is 1. The molecule has 42 heavy (non-hydrogen) atoms. The Morgan fingerprint density at radius 1 is 1.07 bits per heavy atom. The van der Waals surface area contributed by atoms with E-state index in [-0.39, 0.29) is 48.1 Å². The zero-order chi connectivity index (χ0) is 30.5. The Morgan fingerprint density at radius 2 is 1.76 bits per heavy atom. The molecule has 1 unspecified atom stereocenters. The van der Waals surface area contributed by atoms with E-state index in [0.29, 0.717) is 11.4 Å². The number of amides is 1. The monoisotopic (exact) mass is 613 g/mol. The highest BCUT2D eigenvalue weighted by atomic mass is 32.2. The molecule has 0 radical (unpaired) electrons. The van der Waals surface area contributed by atoms with Gasteiger partial charge in [0.2, 0.25) is 0 Å². The SMILES string of the molecule is CCS(=O)(=O)c1ccc(CNC(=O)c2ccc(N3CC(Oc4ccc(C(F)(F)F)cc4)C[C@H]3COC(F)F)nc2)cc1. The summed E-state index contributed by atoms with van der Waals surface area (Å²) in [4.78, 5) is 18.9. The van der Waals surface area contributed by atoms with Gasteiger partial charge in [-0.25, -0.2) is 13.4 Å². The lowest BCUT2D eigenvalue weighted by Gasteiger charge is -2.25. The van der Waals surface area contributed by atoms with Gasteiger partial charge in [-0.1, -0.05) is 19.1 Å². The molecule has 1 N–H and O–H groups in total. The molecule has 0 bridgehead atoms. The van der Waals surface area contributed by atoms with Crippen molar-refractivity contribution in [3.05, 3.63) is 83.6 Å². The van der Waals surface area contributed by atoms with Crippen molar-refractivity contribution in [2.24, 2.45) is 0 Å². The second kappa shape index (κ2) is 13.0. The molecule has 4 rings (SSSR count). The van der Waals surface area contributed by atoms with Gasteiger partial charge in [-0.3, -0.25) is 4.79 Å². The standard InChI is InChI=1S/C28H28F5N3O5S/c1-2-42(38,39)24-10-3-18(4-11-24)14-35-26(37)19-5-12-25(34-15-19)36-16-23(13-21(36)17-40-27(29)30)41-22-8-6-20(7-9-22)28(31,32)33/h3-12,15,21,23,27H,2,13-14,16-17H2,1H3,(H,35,37)/t21-,23?/m0/s1. The summed E-state index contributed by atoms with van der Waals surface area (Å²) in [6.07, 6.45) is -3.45. The molecular formula is C28H28F5N3O5S. The maximum Gasteiger partial charge on any atom is 0.416 e. The molecule has 1 amide bonds. The van der Waals surface area contributed by atoms with Crippen LogP contribution in [0.1, 0.15) is 34.8 Å². The Kier molecular flexibility index (Phi) is 9.67. The number of alkyl halides is 5. The fraction of sp³-hybridized carbons (Fsp3) is 0.357. The molecule has 1 aliphatic heterocycles. The Labute approximate surface area is 239 Å². The molecule has 1 aromatic heterocycles. The van der Waals surface area contributed by atoms with E-state index in [1.165, 1.54) is 36.5 Å². The molecular weight excluding hydrogens is 585 g/mol. The Bertz CT molecular complexity index is 1450. The lowest BCUT2D eigenvalue weighted by Crippen LogP contribution is -2.34. The molecule has 3 aromatic rings. The molecule has 2 aromatic carbocycles. The number of sulfone groups is 1. The number of anilines is 1. The predicted molar refractivity (Wildman–Crippen MR) is 143 cm³/mol. The van der Waals surface area contributed by atoms with Crippen LogP contribution in [0.25, 0.3) is 0 Å². The van der Waals surface area contributed by atoms with Gasteiger partial charge >= 0.3 is 12.8 Å². The van der Waals surface area contributed by atoms with Gasteiger partial charge in [-0.2, -0.15) is 22.0 Å². The van der Waals surface area contributed by atoms with E-state index in [9.17, 15) is 35.2 Å². The molecule has 8 nitrogen and oxygen atoms in total. The van der Waals surface area contributed by atoms with E-state index in [1.807, 2.05) is 0 Å². The number of hydrogen-bond acceptors (Lipinski definition) is 7. The van der Waals surface area contributed by atoms with Gasteiger partial charge in [-0.15, -0.1) is 0 Å². The van der Waals surface area contributed by atoms with Crippen molar-refractivity contribution in [1.82, 2.24) is 10.3 Å². The van der Waals surface area contributed by atoms with Crippen LogP contribution in [0.4, 0.5) is 27.8 Å². The van der Waals surface area contributed by atoms with E-state index in [4.69, 9.17) is 4.74 Å². The van der Waals surface area contributed by atoms with Crippen molar-refractivity contribution in [3.63, 3.8) is 0 Å². The first kappa shape index (κ1) is 31.2. The third-order valence-corrected chi connectivity index (χ3v) is 8.45. The molecule has 1 saturated heterocycles. The van der Waals surface area contributed by atoms with Crippen molar-refractivity contribution in [1.29, 1.82) is 0 Å². The summed E-state index contributed by atoms with van der Waals surface area (Å²) < 4.78 is 98.3. The normalized spacial score (nSPS) is 17.5. The molecule has 2 heterocycles. The molecule has 1 aliphatic rings. The highest BCUT2D eigenvalue weighted by Crippen LogP contribution is 2.32. The largest absolute Gasteiger partial charge is 0.489 e. The maximum atomic E-state index is 12.9. The summed E-state index contributed by atoms with van der Waals surface area (Å²) in [6.45, 7) is -1.44. The van der Waals surface area contributed by atoms with Crippen LogP contribution in [0, 0.1) is 0 Å². The number of pyridine rings is 1. The first-order valence-corrected chi connectivity index (χ1v) is 14.6. The number of aromatic nitrogens is 1. The smallest absolute Gasteiger partial charge is 0.416 e. The van der Waals surface area contributed by atoms with Gasteiger partial charge in [0.1, 0.15) is 17.7 Å². The number of carbonyl (C=O) groups excluding carboxylic acids is 1. The topological polar surface area (TPSA) is 97.8 Å². The zero-order valence-electron chi connectivity index (χ0n) is 22.4. The van der Waals surface area contributed by atoms with Gasteiger partial charge in [0.05, 0.1) is 41.0 Å².